The smallest absolute Gasteiger partial charge is 0.343 e. The Morgan fingerprint density at radius 3 is 2.81 bits per heavy atom. The Labute approximate surface area is 93.2 Å². The second kappa shape index (κ2) is 3.96. The normalized spacial score (nSPS) is 14.6. The zero-order valence-corrected chi connectivity index (χ0v) is 9.10. The van der Waals surface area contributed by atoms with Gasteiger partial charge in [-0.15, -0.1) is 0 Å². The monoisotopic (exact) mass is 219 g/mol. The maximum Gasteiger partial charge on any atom is 0.343 e. The maximum absolute atomic E-state index is 11.9. The third-order valence-corrected chi connectivity index (χ3v) is 2.65. The van der Waals surface area contributed by atoms with Crippen molar-refractivity contribution in [1.82, 2.24) is 4.57 Å². The number of carbonyl (C=O) groups is 1. The molecule has 16 heavy (non-hydrogen) atoms. The van der Waals surface area contributed by atoms with E-state index in [1.54, 1.807) is 16.8 Å². The van der Waals surface area contributed by atoms with Crippen molar-refractivity contribution in [2.45, 2.75) is 18.9 Å². The summed E-state index contributed by atoms with van der Waals surface area (Å²) in [5.74, 6) is -0.594. The summed E-state index contributed by atoms with van der Waals surface area (Å²) < 4.78 is 6.19. The standard InChI is InChI=1S/C12H13NO3/c1-3-8-6-10(12(15)16-2)11(14)13(7-8)9-4-5-9/h3,6-7,9H,1,4-5H2,2H3. The van der Waals surface area contributed by atoms with Gasteiger partial charge in [0.15, 0.2) is 0 Å². The lowest BCUT2D eigenvalue weighted by Crippen LogP contribution is -2.26. The first-order valence-corrected chi connectivity index (χ1v) is 5.14. The number of esters is 1. The maximum atomic E-state index is 11.9. The fraction of sp³-hybridized carbons (Fsp3) is 0.333. The summed E-state index contributed by atoms with van der Waals surface area (Å²) in [5.41, 5.74) is 0.554. The second-order valence-corrected chi connectivity index (χ2v) is 3.83. The molecular formula is C12H13NO3. The van der Waals surface area contributed by atoms with Crippen LogP contribution in [0.15, 0.2) is 23.6 Å². The number of ether oxygens (including phenoxy) is 1. The van der Waals surface area contributed by atoms with E-state index in [0.717, 1.165) is 18.4 Å². The van der Waals surface area contributed by atoms with Gasteiger partial charge in [-0.2, -0.15) is 0 Å². The molecule has 0 N–H and O–H groups in total. The fourth-order valence-electron chi connectivity index (χ4n) is 1.62. The van der Waals surface area contributed by atoms with E-state index in [1.165, 1.54) is 13.2 Å². The summed E-state index contributed by atoms with van der Waals surface area (Å²) in [4.78, 5) is 23.4. The summed E-state index contributed by atoms with van der Waals surface area (Å²) >= 11 is 0. The van der Waals surface area contributed by atoms with Gasteiger partial charge >= 0.3 is 5.97 Å². The Balaban J connectivity index is 2.58. The number of hydrogen-bond acceptors (Lipinski definition) is 3. The Morgan fingerprint density at radius 1 is 1.62 bits per heavy atom. The van der Waals surface area contributed by atoms with Gasteiger partial charge in [0.05, 0.1) is 7.11 Å². The summed E-state index contributed by atoms with van der Waals surface area (Å²) in [6.45, 7) is 3.64. The molecule has 4 heteroatoms. The topological polar surface area (TPSA) is 48.3 Å². The van der Waals surface area contributed by atoms with Crippen LogP contribution in [-0.2, 0) is 4.74 Å². The molecular weight excluding hydrogens is 206 g/mol. The summed E-state index contributed by atoms with van der Waals surface area (Å²) in [7, 11) is 1.27. The lowest BCUT2D eigenvalue weighted by molar-refractivity contribution is 0.0598. The van der Waals surface area contributed by atoms with Crippen LogP contribution in [0.4, 0.5) is 0 Å². The fourth-order valence-corrected chi connectivity index (χ4v) is 1.62. The zero-order valence-electron chi connectivity index (χ0n) is 9.10. The molecule has 0 amide bonds. The van der Waals surface area contributed by atoms with E-state index >= 15 is 0 Å². The van der Waals surface area contributed by atoms with E-state index in [0.29, 0.717) is 0 Å². The molecule has 0 bridgehead atoms. The minimum Gasteiger partial charge on any atom is -0.465 e. The quantitative estimate of drug-likeness (QED) is 0.726. The molecule has 1 saturated carbocycles. The first-order valence-electron chi connectivity index (χ1n) is 5.14. The van der Waals surface area contributed by atoms with Crippen LogP contribution in [0, 0.1) is 0 Å². The third-order valence-electron chi connectivity index (χ3n) is 2.65. The molecule has 4 nitrogen and oxygen atoms in total. The van der Waals surface area contributed by atoms with E-state index < -0.39 is 5.97 Å². The Hall–Kier alpha value is -1.84. The van der Waals surface area contributed by atoms with Crippen molar-refractivity contribution in [2.75, 3.05) is 7.11 Å². The van der Waals surface area contributed by atoms with Crippen LogP contribution < -0.4 is 5.56 Å². The van der Waals surface area contributed by atoms with Gasteiger partial charge in [0.1, 0.15) is 5.56 Å². The molecule has 1 aliphatic carbocycles. The molecule has 1 aliphatic rings. The number of aromatic nitrogens is 1. The lowest BCUT2D eigenvalue weighted by atomic mass is 10.2. The van der Waals surface area contributed by atoms with E-state index in [-0.39, 0.29) is 17.2 Å². The summed E-state index contributed by atoms with van der Waals surface area (Å²) in [6.07, 6.45) is 5.33. The van der Waals surface area contributed by atoms with Gasteiger partial charge in [0.2, 0.25) is 0 Å². The van der Waals surface area contributed by atoms with Crippen molar-refractivity contribution in [2.24, 2.45) is 0 Å². The molecule has 0 atom stereocenters. The van der Waals surface area contributed by atoms with Crippen molar-refractivity contribution in [3.05, 3.63) is 40.3 Å². The Kier molecular flexibility index (Phi) is 2.64. The van der Waals surface area contributed by atoms with Crippen molar-refractivity contribution in [3.8, 4) is 0 Å². The zero-order chi connectivity index (χ0) is 11.7. The average molecular weight is 219 g/mol. The van der Waals surface area contributed by atoms with Crippen LogP contribution in [0.2, 0.25) is 0 Å². The number of carbonyl (C=O) groups excluding carboxylic acids is 1. The largest absolute Gasteiger partial charge is 0.465 e. The molecule has 0 aromatic carbocycles. The first kappa shape index (κ1) is 10.7. The number of rotatable bonds is 3. The van der Waals surface area contributed by atoms with Crippen molar-refractivity contribution in [1.29, 1.82) is 0 Å². The number of hydrogen-bond donors (Lipinski definition) is 0. The lowest BCUT2D eigenvalue weighted by Gasteiger charge is -2.07. The minimum absolute atomic E-state index is 0.0757. The number of nitrogens with zero attached hydrogens (tertiary/aromatic N) is 1. The van der Waals surface area contributed by atoms with Gasteiger partial charge in [-0.25, -0.2) is 4.79 Å². The molecule has 1 aromatic rings. The van der Waals surface area contributed by atoms with Gasteiger partial charge in [-0.3, -0.25) is 4.79 Å². The molecule has 0 saturated heterocycles. The summed E-state index contributed by atoms with van der Waals surface area (Å²) in [5, 5.41) is 0. The molecule has 0 aliphatic heterocycles. The van der Waals surface area contributed by atoms with Crippen LogP contribution in [0.5, 0.6) is 0 Å². The van der Waals surface area contributed by atoms with E-state index in [4.69, 9.17) is 0 Å². The SMILES string of the molecule is C=Cc1cc(C(=O)OC)c(=O)n(C2CC2)c1. The van der Waals surface area contributed by atoms with E-state index in [2.05, 4.69) is 11.3 Å². The van der Waals surface area contributed by atoms with Crippen molar-refractivity contribution < 1.29 is 9.53 Å². The Bertz CT molecular complexity index is 497. The minimum atomic E-state index is -0.594. The molecule has 2 rings (SSSR count). The van der Waals surface area contributed by atoms with Gasteiger partial charge < -0.3 is 9.30 Å². The average Bonchev–Trinajstić information content (AvgIpc) is 3.12. The van der Waals surface area contributed by atoms with Gasteiger partial charge in [-0.05, 0) is 24.5 Å². The van der Waals surface area contributed by atoms with Crippen LogP contribution >= 0.6 is 0 Å². The van der Waals surface area contributed by atoms with Crippen LogP contribution in [0.25, 0.3) is 6.08 Å². The third kappa shape index (κ3) is 1.78. The highest BCUT2D eigenvalue weighted by Crippen LogP contribution is 2.33. The van der Waals surface area contributed by atoms with Crippen molar-refractivity contribution >= 4 is 12.0 Å². The van der Waals surface area contributed by atoms with Crippen LogP contribution in [-0.4, -0.2) is 17.6 Å². The first-order chi connectivity index (χ1) is 7.67. The van der Waals surface area contributed by atoms with E-state index in [9.17, 15) is 9.59 Å². The highest BCUT2D eigenvalue weighted by molar-refractivity contribution is 5.89. The molecule has 0 spiro atoms. The van der Waals surface area contributed by atoms with Crippen LogP contribution in [0.3, 0.4) is 0 Å². The van der Waals surface area contributed by atoms with Gasteiger partial charge in [-0.1, -0.05) is 12.7 Å². The van der Waals surface area contributed by atoms with Crippen LogP contribution in [0.1, 0.15) is 34.8 Å². The molecule has 0 unspecified atom stereocenters. The molecule has 1 aromatic heterocycles. The predicted octanol–water partition coefficient (Wildman–Crippen LogP) is 1.61. The molecule has 0 radical (unpaired) electrons. The number of pyridine rings is 1. The van der Waals surface area contributed by atoms with Gasteiger partial charge in [0, 0.05) is 12.2 Å². The highest BCUT2D eigenvalue weighted by atomic mass is 16.5. The Morgan fingerprint density at radius 2 is 2.31 bits per heavy atom. The van der Waals surface area contributed by atoms with E-state index in [1.807, 2.05) is 0 Å². The van der Waals surface area contributed by atoms with Crippen molar-refractivity contribution in [3.63, 3.8) is 0 Å². The number of methoxy groups -OCH3 is 1. The molecule has 84 valence electrons. The van der Waals surface area contributed by atoms with Gasteiger partial charge in [0.25, 0.3) is 5.56 Å². The predicted molar refractivity (Wildman–Crippen MR) is 60.4 cm³/mol. The highest BCUT2D eigenvalue weighted by Gasteiger charge is 2.26. The summed E-state index contributed by atoms with van der Waals surface area (Å²) in [6, 6.07) is 1.75. The molecule has 1 fully saturated rings. The molecule has 1 heterocycles. The second-order valence-electron chi connectivity index (χ2n) is 3.83.